The van der Waals surface area contributed by atoms with Gasteiger partial charge in [-0.1, -0.05) is 42.5 Å². The third-order valence-corrected chi connectivity index (χ3v) is 4.92. The molecule has 0 aliphatic rings. The van der Waals surface area contributed by atoms with Crippen molar-refractivity contribution in [2.75, 3.05) is 0 Å². The van der Waals surface area contributed by atoms with Crippen molar-refractivity contribution in [1.29, 1.82) is 0 Å². The molecule has 2 N–H and O–H groups in total. The van der Waals surface area contributed by atoms with Crippen LogP contribution in [0.5, 0.6) is 11.5 Å². The van der Waals surface area contributed by atoms with Crippen LogP contribution in [0.1, 0.15) is 32.0 Å². The molecule has 1 aromatic heterocycles. The lowest BCUT2D eigenvalue weighted by Crippen LogP contribution is -2.04. The molecule has 0 bridgehead atoms. The first kappa shape index (κ1) is 21.7. The molecule has 0 saturated carbocycles. The summed E-state index contributed by atoms with van der Waals surface area (Å²) in [6, 6.07) is 20.1. The Morgan fingerprint density at radius 3 is 2.45 bits per heavy atom. The summed E-state index contributed by atoms with van der Waals surface area (Å²) < 4.78 is 19.4. The Kier molecular flexibility index (Phi) is 6.13. The molecule has 0 atom stereocenters. The van der Waals surface area contributed by atoms with Crippen LogP contribution in [0.3, 0.4) is 0 Å². The van der Waals surface area contributed by atoms with Crippen molar-refractivity contribution in [2.24, 2.45) is 0 Å². The number of pyridine rings is 1. The van der Waals surface area contributed by atoms with Crippen molar-refractivity contribution in [3.8, 4) is 11.5 Å². The van der Waals surface area contributed by atoms with E-state index in [-0.39, 0.29) is 0 Å². The Morgan fingerprint density at radius 2 is 1.70 bits per heavy atom. The van der Waals surface area contributed by atoms with Crippen molar-refractivity contribution in [3.05, 3.63) is 107 Å². The summed E-state index contributed by atoms with van der Waals surface area (Å²) in [4.78, 5) is 28.0. The molecular weight excluding hydrogens is 425 g/mol. The lowest BCUT2D eigenvalue weighted by molar-refractivity contribution is 0.0693. The lowest BCUT2D eigenvalue weighted by atomic mass is 10.0. The zero-order valence-electron chi connectivity index (χ0n) is 17.2. The number of carbonyl (C=O) groups excluding carboxylic acids is 1. The number of aromatic nitrogens is 1. The molecule has 0 saturated heterocycles. The van der Waals surface area contributed by atoms with Crippen LogP contribution in [0, 0.1) is 5.82 Å². The van der Waals surface area contributed by atoms with Crippen LogP contribution >= 0.6 is 0 Å². The standard InChI is InChI=1S/C26H18FNO5/c27-18-13-21(25(30)22(14-18)26(31)32)24(29)12-7-16-5-10-20(11-6-16)33-15-19-9-8-17-3-1-2-4-23(17)28-19/h1-14,30H,15H2,(H,31,32)/b12-7+. The highest BCUT2D eigenvalue weighted by Gasteiger charge is 2.19. The molecule has 1 heterocycles. The molecule has 0 aliphatic carbocycles. The number of hydrogen-bond donors (Lipinski definition) is 2. The molecule has 0 fully saturated rings. The number of fused-ring (bicyclic) bond motifs is 1. The van der Waals surface area contributed by atoms with E-state index in [4.69, 9.17) is 9.84 Å². The molecule has 0 spiro atoms. The summed E-state index contributed by atoms with van der Waals surface area (Å²) in [5.74, 6) is -3.34. The van der Waals surface area contributed by atoms with Gasteiger partial charge in [-0.3, -0.25) is 4.79 Å². The smallest absolute Gasteiger partial charge is 0.339 e. The maximum atomic E-state index is 13.6. The largest absolute Gasteiger partial charge is 0.506 e. The number of ether oxygens (including phenoxy) is 1. The van der Waals surface area contributed by atoms with Gasteiger partial charge < -0.3 is 14.9 Å². The summed E-state index contributed by atoms with van der Waals surface area (Å²) in [6.45, 7) is 0.295. The number of nitrogens with zero attached hydrogens (tertiary/aromatic N) is 1. The molecule has 0 radical (unpaired) electrons. The van der Waals surface area contributed by atoms with Crippen molar-refractivity contribution in [3.63, 3.8) is 0 Å². The van der Waals surface area contributed by atoms with Crippen LogP contribution in [0.4, 0.5) is 4.39 Å². The fourth-order valence-electron chi connectivity index (χ4n) is 3.23. The van der Waals surface area contributed by atoms with Gasteiger partial charge in [0.1, 0.15) is 29.5 Å². The number of phenols is 1. The summed E-state index contributed by atoms with van der Waals surface area (Å²) in [5, 5.41) is 20.1. The van der Waals surface area contributed by atoms with Gasteiger partial charge in [0.15, 0.2) is 5.78 Å². The van der Waals surface area contributed by atoms with Crippen LogP contribution < -0.4 is 4.74 Å². The Morgan fingerprint density at radius 1 is 0.970 bits per heavy atom. The molecule has 0 unspecified atom stereocenters. The van der Waals surface area contributed by atoms with E-state index in [1.807, 2.05) is 36.4 Å². The van der Waals surface area contributed by atoms with Gasteiger partial charge in [0, 0.05) is 5.39 Å². The average molecular weight is 443 g/mol. The molecule has 3 aromatic carbocycles. The molecule has 0 aliphatic heterocycles. The molecular formula is C26H18FNO5. The topological polar surface area (TPSA) is 96.7 Å². The second kappa shape index (κ2) is 9.32. The number of aromatic carboxylic acids is 1. The minimum atomic E-state index is -1.53. The molecule has 7 heteroatoms. The SMILES string of the molecule is O=C(O)c1cc(F)cc(C(=O)/C=C/c2ccc(OCc3ccc4ccccc4n3)cc2)c1O. The number of carbonyl (C=O) groups is 2. The first-order valence-corrected chi connectivity index (χ1v) is 9.96. The van der Waals surface area contributed by atoms with E-state index in [9.17, 15) is 19.1 Å². The highest BCUT2D eigenvalue weighted by Crippen LogP contribution is 2.25. The lowest BCUT2D eigenvalue weighted by Gasteiger charge is -2.07. The second-order valence-electron chi connectivity index (χ2n) is 7.21. The number of aromatic hydroxyl groups is 1. The van der Waals surface area contributed by atoms with Gasteiger partial charge in [-0.25, -0.2) is 14.2 Å². The predicted molar refractivity (Wildman–Crippen MR) is 121 cm³/mol. The van der Waals surface area contributed by atoms with Crippen molar-refractivity contribution < 1.29 is 28.9 Å². The number of allylic oxidation sites excluding steroid dienone is 1. The van der Waals surface area contributed by atoms with Crippen LogP contribution in [0.25, 0.3) is 17.0 Å². The minimum Gasteiger partial charge on any atom is -0.506 e. The fourth-order valence-corrected chi connectivity index (χ4v) is 3.23. The number of ketones is 1. The van der Waals surface area contributed by atoms with Crippen LogP contribution in [0.15, 0.2) is 78.9 Å². The van der Waals surface area contributed by atoms with Gasteiger partial charge in [-0.15, -0.1) is 0 Å². The Labute approximate surface area is 188 Å². The average Bonchev–Trinajstić information content (AvgIpc) is 2.82. The first-order chi connectivity index (χ1) is 15.9. The molecule has 33 heavy (non-hydrogen) atoms. The van der Waals surface area contributed by atoms with Gasteiger partial charge in [0.05, 0.1) is 16.8 Å². The monoisotopic (exact) mass is 443 g/mol. The van der Waals surface area contributed by atoms with Gasteiger partial charge in [-0.2, -0.15) is 0 Å². The number of hydrogen-bond acceptors (Lipinski definition) is 5. The fraction of sp³-hybridized carbons (Fsp3) is 0.0385. The minimum absolute atomic E-state index is 0.295. The second-order valence-corrected chi connectivity index (χ2v) is 7.21. The molecule has 4 rings (SSSR count). The van der Waals surface area contributed by atoms with E-state index in [1.165, 1.54) is 6.08 Å². The maximum Gasteiger partial charge on any atom is 0.339 e. The van der Waals surface area contributed by atoms with Crippen molar-refractivity contribution in [2.45, 2.75) is 6.61 Å². The van der Waals surface area contributed by atoms with Crippen LogP contribution in [-0.4, -0.2) is 26.9 Å². The summed E-state index contributed by atoms with van der Waals surface area (Å²) in [5.41, 5.74) is 1.25. The predicted octanol–water partition coefficient (Wildman–Crippen LogP) is 5.25. The Balaban J connectivity index is 1.42. The number of para-hydroxylation sites is 1. The van der Waals surface area contributed by atoms with Crippen molar-refractivity contribution >= 4 is 28.7 Å². The summed E-state index contributed by atoms with van der Waals surface area (Å²) >= 11 is 0. The van der Waals surface area contributed by atoms with Gasteiger partial charge in [-0.05, 0) is 48.0 Å². The molecule has 6 nitrogen and oxygen atoms in total. The maximum absolute atomic E-state index is 13.6. The van der Waals surface area contributed by atoms with Gasteiger partial charge in [0.2, 0.25) is 0 Å². The van der Waals surface area contributed by atoms with E-state index in [1.54, 1.807) is 24.3 Å². The van der Waals surface area contributed by atoms with E-state index in [0.717, 1.165) is 28.7 Å². The van der Waals surface area contributed by atoms with E-state index in [0.29, 0.717) is 24.0 Å². The van der Waals surface area contributed by atoms with Gasteiger partial charge in [0.25, 0.3) is 0 Å². The third kappa shape index (κ3) is 5.04. The quantitative estimate of drug-likeness (QED) is 0.299. The number of carboxylic acids is 1. The highest BCUT2D eigenvalue weighted by molar-refractivity contribution is 6.10. The van der Waals surface area contributed by atoms with E-state index >= 15 is 0 Å². The highest BCUT2D eigenvalue weighted by atomic mass is 19.1. The van der Waals surface area contributed by atoms with E-state index < -0.39 is 34.4 Å². The number of carboxylic acid groups (broad SMARTS) is 1. The number of halogens is 1. The normalized spacial score (nSPS) is 11.1. The molecule has 4 aromatic rings. The summed E-state index contributed by atoms with van der Waals surface area (Å²) in [6.07, 6.45) is 2.61. The Hall–Kier alpha value is -4.52. The summed E-state index contributed by atoms with van der Waals surface area (Å²) in [7, 11) is 0. The third-order valence-electron chi connectivity index (χ3n) is 4.92. The zero-order chi connectivity index (χ0) is 23.4. The number of benzene rings is 3. The van der Waals surface area contributed by atoms with E-state index in [2.05, 4.69) is 4.98 Å². The first-order valence-electron chi connectivity index (χ1n) is 9.96. The zero-order valence-corrected chi connectivity index (χ0v) is 17.2. The van der Waals surface area contributed by atoms with Crippen molar-refractivity contribution in [1.82, 2.24) is 4.98 Å². The van der Waals surface area contributed by atoms with Gasteiger partial charge >= 0.3 is 5.97 Å². The van der Waals surface area contributed by atoms with Crippen LogP contribution in [0.2, 0.25) is 0 Å². The molecule has 164 valence electrons. The van der Waals surface area contributed by atoms with Crippen LogP contribution in [-0.2, 0) is 6.61 Å². The number of rotatable bonds is 7. The Bertz CT molecular complexity index is 1380. The molecule has 0 amide bonds.